The molecular weight excluding hydrogens is 446 g/mol. The van der Waals surface area contributed by atoms with Crippen LogP contribution in [0.5, 0.6) is 0 Å². The predicted octanol–water partition coefficient (Wildman–Crippen LogP) is 2.98. The van der Waals surface area contributed by atoms with E-state index in [9.17, 15) is 14.4 Å². The lowest BCUT2D eigenvalue weighted by molar-refractivity contribution is 0.0526. The Balaban J connectivity index is 1.67. The van der Waals surface area contributed by atoms with Crippen LogP contribution in [-0.2, 0) is 18.3 Å². The fourth-order valence-corrected chi connectivity index (χ4v) is 4.31. The molecule has 5 aromatic rings. The number of aromatic nitrogens is 5. The van der Waals surface area contributed by atoms with Crippen molar-refractivity contribution >= 4 is 22.9 Å². The van der Waals surface area contributed by atoms with Gasteiger partial charge in [-0.25, -0.2) is 9.59 Å². The van der Waals surface area contributed by atoms with Crippen LogP contribution in [0.4, 0.5) is 0 Å². The smallest absolute Gasteiger partial charge is 0.338 e. The highest BCUT2D eigenvalue weighted by Gasteiger charge is 2.21. The van der Waals surface area contributed by atoms with Crippen molar-refractivity contribution in [1.82, 2.24) is 23.1 Å². The number of nitrogens with zero attached hydrogens (tertiary/aromatic N) is 5. The van der Waals surface area contributed by atoms with E-state index in [0.29, 0.717) is 29.1 Å². The molecule has 0 amide bonds. The first-order valence-electron chi connectivity index (χ1n) is 11.3. The van der Waals surface area contributed by atoms with Crippen molar-refractivity contribution in [3.63, 3.8) is 0 Å². The van der Waals surface area contributed by atoms with Crippen molar-refractivity contribution in [1.29, 1.82) is 0 Å². The van der Waals surface area contributed by atoms with Gasteiger partial charge in [-0.15, -0.1) is 0 Å². The summed E-state index contributed by atoms with van der Waals surface area (Å²) >= 11 is 0. The van der Waals surface area contributed by atoms with Gasteiger partial charge in [0, 0.05) is 24.6 Å². The third-order valence-corrected chi connectivity index (χ3v) is 6.12. The molecule has 0 atom stereocenters. The molecule has 0 unspecified atom stereocenters. The average Bonchev–Trinajstić information content (AvgIpc) is 3.36. The number of esters is 1. The Labute approximate surface area is 200 Å². The number of hydrogen-bond donors (Lipinski definition) is 0. The molecule has 0 N–H and O–H groups in total. The monoisotopic (exact) mass is 471 g/mol. The molecule has 9 nitrogen and oxygen atoms in total. The van der Waals surface area contributed by atoms with Crippen LogP contribution in [0.3, 0.4) is 0 Å². The summed E-state index contributed by atoms with van der Waals surface area (Å²) < 4.78 is 11.3. The molecule has 178 valence electrons. The topological polar surface area (TPSA) is 92.5 Å². The summed E-state index contributed by atoms with van der Waals surface area (Å²) in [6, 6.07) is 14.7. The molecule has 3 aromatic heterocycles. The van der Waals surface area contributed by atoms with Gasteiger partial charge in [0.25, 0.3) is 5.56 Å². The number of aryl methyl sites for hydroxylation is 3. The lowest BCUT2D eigenvalue weighted by Crippen LogP contribution is -2.39. The van der Waals surface area contributed by atoms with Gasteiger partial charge in [-0.2, -0.15) is 4.98 Å². The van der Waals surface area contributed by atoms with E-state index < -0.39 is 11.2 Å². The number of fused-ring (bicyclic) bond motifs is 3. The maximum Gasteiger partial charge on any atom is 0.338 e. The lowest BCUT2D eigenvalue weighted by Gasteiger charge is -2.08. The maximum atomic E-state index is 13.5. The number of ether oxygens (including phenoxy) is 1. The molecule has 3 heterocycles. The molecular formula is C26H25N5O4. The molecule has 9 heteroatoms. The minimum Gasteiger partial charge on any atom is -0.462 e. The van der Waals surface area contributed by atoms with Gasteiger partial charge in [0.1, 0.15) is 0 Å². The molecule has 0 saturated carbocycles. The van der Waals surface area contributed by atoms with E-state index in [1.807, 2.05) is 48.9 Å². The Morgan fingerprint density at radius 3 is 2.34 bits per heavy atom. The summed E-state index contributed by atoms with van der Waals surface area (Å²) in [4.78, 5) is 43.3. The number of hydrogen-bond acceptors (Lipinski definition) is 5. The van der Waals surface area contributed by atoms with Gasteiger partial charge < -0.3 is 4.74 Å². The van der Waals surface area contributed by atoms with Crippen molar-refractivity contribution < 1.29 is 9.53 Å². The molecule has 0 aliphatic rings. The molecule has 5 rings (SSSR count). The van der Waals surface area contributed by atoms with Crippen LogP contribution in [0.1, 0.15) is 34.1 Å². The summed E-state index contributed by atoms with van der Waals surface area (Å²) in [5.74, 6) is 0.116. The third-order valence-electron chi connectivity index (χ3n) is 6.12. The SMILES string of the molecule is CCOC(=O)c1ccc(-n2c(C)cn3c4c(=O)n(Cc5ccc(C)cc5)c(=O)n(C)c4nc23)cc1. The number of carbonyl (C=O) groups excluding carboxylic acids is 1. The van der Waals surface area contributed by atoms with E-state index in [0.717, 1.165) is 22.5 Å². The summed E-state index contributed by atoms with van der Waals surface area (Å²) in [6.45, 7) is 6.13. The summed E-state index contributed by atoms with van der Waals surface area (Å²) in [5.41, 5.74) is 3.86. The highest BCUT2D eigenvalue weighted by molar-refractivity contribution is 5.89. The number of imidazole rings is 2. The Bertz CT molecular complexity index is 1700. The van der Waals surface area contributed by atoms with Crippen LogP contribution in [0.2, 0.25) is 0 Å². The van der Waals surface area contributed by atoms with Gasteiger partial charge >= 0.3 is 11.7 Å². The molecule has 0 fully saturated rings. The quantitative estimate of drug-likeness (QED) is 0.368. The highest BCUT2D eigenvalue weighted by Crippen LogP contribution is 2.21. The molecule has 0 radical (unpaired) electrons. The van der Waals surface area contributed by atoms with Crippen LogP contribution < -0.4 is 11.2 Å². The zero-order valence-electron chi connectivity index (χ0n) is 20.0. The second-order valence-corrected chi connectivity index (χ2v) is 8.55. The fraction of sp³-hybridized carbons (Fsp3) is 0.231. The molecule has 0 bridgehead atoms. The highest BCUT2D eigenvalue weighted by atomic mass is 16.5. The second-order valence-electron chi connectivity index (χ2n) is 8.55. The standard InChI is InChI=1S/C26H25N5O4/c1-5-35-24(33)19-10-12-20(13-11-19)31-17(3)14-29-21-22(27-25(29)31)28(4)26(34)30(23(21)32)15-18-8-6-16(2)7-9-18/h6-14H,5,15H2,1-4H3. The van der Waals surface area contributed by atoms with Gasteiger partial charge in [-0.1, -0.05) is 29.8 Å². The van der Waals surface area contributed by atoms with Crippen LogP contribution >= 0.6 is 0 Å². The Kier molecular flexibility index (Phi) is 5.39. The Morgan fingerprint density at radius 1 is 1.00 bits per heavy atom. The van der Waals surface area contributed by atoms with Crippen molar-refractivity contribution in [2.24, 2.45) is 7.05 Å². The molecule has 0 aliphatic carbocycles. The largest absolute Gasteiger partial charge is 0.462 e. The third kappa shape index (κ3) is 3.65. The van der Waals surface area contributed by atoms with Crippen molar-refractivity contribution in [2.45, 2.75) is 27.3 Å². The first-order chi connectivity index (χ1) is 16.8. The predicted molar refractivity (Wildman–Crippen MR) is 133 cm³/mol. The van der Waals surface area contributed by atoms with Crippen LogP contribution in [0.15, 0.2) is 64.3 Å². The van der Waals surface area contributed by atoms with Gasteiger partial charge in [0.15, 0.2) is 11.2 Å². The maximum absolute atomic E-state index is 13.5. The fourth-order valence-electron chi connectivity index (χ4n) is 4.31. The van der Waals surface area contributed by atoms with Crippen molar-refractivity contribution in [3.05, 3.63) is 98.0 Å². The van der Waals surface area contributed by atoms with Gasteiger partial charge in [-0.05, 0) is 50.6 Å². The number of rotatable bonds is 5. The minimum atomic E-state index is -0.425. The van der Waals surface area contributed by atoms with Crippen LogP contribution in [0.25, 0.3) is 22.6 Å². The van der Waals surface area contributed by atoms with Crippen LogP contribution in [-0.4, -0.2) is 35.7 Å². The van der Waals surface area contributed by atoms with E-state index in [-0.39, 0.29) is 12.5 Å². The van der Waals surface area contributed by atoms with E-state index in [2.05, 4.69) is 4.98 Å². The summed E-state index contributed by atoms with van der Waals surface area (Å²) in [7, 11) is 1.62. The van der Waals surface area contributed by atoms with Crippen LogP contribution in [0, 0.1) is 13.8 Å². The Morgan fingerprint density at radius 2 is 1.69 bits per heavy atom. The van der Waals surface area contributed by atoms with Gasteiger partial charge in [-0.3, -0.25) is 22.9 Å². The zero-order chi connectivity index (χ0) is 24.9. The van der Waals surface area contributed by atoms with E-state index in [4.69, 9.17) is 4.74 Å². The molecule has 0 aliphatic heterocycles. The molecule has 0 spiro atoms. The average molecular weight is 472 g/mol. The lowest BCUT2D eigenvalue weighted by atomic mass is 10.1. The first kappa shape index (κ1) is 22.4. The van der Waals surface area contributed by atoms with E-state index in [1.165, 1.54) is 9.13 Å². The number of carbonyl (C=O) groups is 1. The molecule has 0 saturated heterocycles. The van der Waals surface area contributed by atoms with E-state index in [1.54, 1.807) is 42.6 Å². The summed E-state index contributed by atoms with van der Waals surface area (Å²) in [5, 5.41) is 0. The van der Waals surface area contributed by atoms with Gasteiger partial charge in [0.05, 0.1) is 18.7 Å². The summed E-state index contributed by atoms with van der Waals surface area (Å²) in [6.07, 6.45) is 1.83. The zero-order valence-corrected chi connectivity index (χ0v) is 20.0. The normalized spacial score (nSPS) is 11.4. The Hall–Kier alpha value is -4.40. The molecule has 2 aromatic carbocycles. The van der Waals surface area contributed by atoms with Crippen molar-refractivity contribution in [3.8, 4) is 5.69 Å². The molecule has 35 heavy (non-hydrogen) atoms. The van der Waals surface area contributed by atoms with Crippen molar-refractivity contribution in [2.75, 3.05) is 6.61 Å². The number of benzene rings is 2. The van der Waals surface area contributed by atoms with Gasteiger partial charge in [0.2, 0.25) is 5.78 Å². The first-order valence-corrected chi connectivity index (χ1v) is 11.3. The van der Waals surface area contributed by atoms with E-state index >= 15 is 0 Å². The second kappa shape index (κ2) is 8.43. The minimum absolute atomic E-state index is 0.171.